The second-order valence-corrected chi connectivity index (χ2v) is 4.72. The van der Waals surface area contributed by atoms with Gasteiger partial charge in [0.15, 0.2) is 0 Å². The minimum Gasteiger partial charge on any atom is -0.376 e. The SMILES string of the molecule is CCC(Nc1cc(F)ccc1F)c1ccc(Cl)cc1. The summed E-state index contributed by atoms with van der Waals surface area (Å²) in [7, 11) is 0. The van der Waals surface area contributed by atoms with Crippen LogP contribution < -0.4 is 5.32 Å². The van der Waals surface area contributed by atoms with Gasteiger partial charge in [-0.05, 0) is 42.3 Å². The van der Waals surface area contributed by atoms with Crippen molar-refractivity contribution in [2.45, 2.75) is 19.4 Å². The Labute approximate surface area is 116 Å². The summed E-state index contributed by atoms with van der Waals surface area (Å²) in [5, 5.41) is 3.66. The third kappa shape index (κ3) is 3.44. The van der Waals surface area contributed by atoms with Gasteiger partial charge in [0.25, 0.3) is 0 Å². The molecule has 0 saturated carbocycles. The molecule has 0 aliphatic heterocycles. The van der Waals surface area contributed by atoms with Crippen LogP contribution in [0.3, 0.4) is 0 Å². The van der Waals surface area contributed by atoms with Crippen molar-refractivity contribution in [1.82, 2.24) is 0 Å². The van der Waals surface area contributed by atoms with Gasteiger partial charge in [0.2, 0.25) is 0 Å². The monoisotopic (exact) mass is 281 g/mol. The fourth-order valence-electron chi connectivity index (χ4n) is 1.91. The zero-order chi connectivity index (χ0) is 13.8. The Balaban J connectivity index is 2.23. The normalized spacial score (nSPS) is 12.2. The van der Waals surface area contributed by atoms with Crippen molar-refractivity contribution >= 4 is 17.3 Å². The zero-order valence-corrected chi connectivity index (χ0v) is 11.2. The molecule has 19 heavy (non-hydrogen) atoms. The summed E-state index contributed by atoms with van der Waals surface area (Å²) in [5.41, 5.74) is 1.15. The molecular formula is C15H14ClF2N. The first-order valence-electron chi connectivity index (χ1n) is 6.07. The lowest BCUT2D eigenvalue weighted by atomic mass is 10.0. The van der Waals surface area contributed by atoms with E-state index in [-0.39, 0.29) is 11.7 Å². The van der Waals surface area contributed by atoms with Gasteiger partial charge >= 0.3 is 0 Å². The molecule has 0 aromatic heterocycles. The van der Waals surface area contributed by atoms with Crippen LogP contribution in [-0.2, 0) is 0 Å². The van der Waals surface area contributed by atoms with Crippen LogP contribution in [-0.4, -0.2) is 0 Å². The lowest BCUT2D eigenvalue weighted by molar-refractivity contribution is 0.598. The van der Waals surface area contributed by atoms with E-state index in [4.69, 9.17) is 11.6 Å². The fourth-order valence-corrected chi connectivity index (χ4v) is 2.04. The topological polar surface area (TPSA) is 12.0 Å². The molecule has 2 aromatic rings. The minimum absolute atomic E-state index is 0.0893. The van der Waals surface area contributed by atoms with E-state index in [1.807, 2.05) is 19.1 Å². The highest BCUT2D eigenvalue weighted by molar-refractivity contribution is 6.30. The number of halogens is 3. The van der Waals surface area contributed by atoms with Gasteiger partial charge in [-0.2, -0.15) is 0 Å². The van der Waals surface area contributed by atoms with Gasteiger partial charge in [-0.15, -0.1) is 0 Å². The van der Waals surface area contributed by atoms with E-state index < -0.39 is 11.6 Å². The molecule has 2 rings (SSSR count). The van der Waals surface area contributed by atoms with E-state index in [9.17, 15) is 8.78 Å². The molecule has 0 heterocycles. The predicted molar refractivity (Wildman–Crippen MR) is 74.5 cm³/mol. The van der Waals surface area contributed by atoms with Crippen LogP contribution >= 0.6 is 11.6 Å². The average Bonchev–Trinajstić information content (AvgIpc) is 2.41. The lowest BCUT2D eigenvalue weighted by Crippen LogP contribution is -2.11. The smallest absolute Gasteiger partial charge is 0.146 e. The van der Waals surface area contributed by atoms with Gasteiger partial charge in [-0.3, -0.25) is 0 Å². The molecule has 0 bridgehead atoms. The van der Waals surface area contributed by atoms with Crippen LogP contribution in [0.15, 0.2) is 42.5 Å². The largest absolute Gasteiger partial charge is 0.376 e. The molecule has 0 spiro atoms. The highest BCUT2D eigenvalue weighted by Crippen LogP contribution is 2.25. The Hall–Kier alpha value is -1.61. The van der Waals surface area contributed by atoms with E-state index in [1.54, 1.807) is 12.1 Å². The molecule has 0 saturated heterocycles. The molecule has 0 aliphatic carbocycles. The second-order valence-electron chi connectivity index (χ2n) is 4.28. The van der Waals surface area contributed by atoms with Crippen molar-refractivity contribution in [2.75, 3.05) is 5.32 Å². The summed E-state index contributed by atoms with van der Waals surface area (Å²) in [5.74, 6) is -0.927. The Kier molecular flexibility index (Phi) is 4.38. The average molecular weight is 282 g/mol. The number of hydrogen-bond acceptors (Lipinski definition) is 1. The predicted octanol–water partition coefficient (Wildman–Crippen LogP) is 5.18. The lowest BCUT2D eigenvalue weighted by Gasteiger charge is -2.19. The highest BCUT2D eigenvalue weighted by atomic mass is 35.5. The van der Waals surface area contributed by atoms with Gasteiger partial charge in [-0.1, -0.05) is 30.7 Å². The van der Waals surface area contributed by atoms with Gasteiger partial charge < -0.3 is 5.32 Å². The summed E-state index contributed by atoms with van der Waals surface area (Å²) >= 11 is 5.84. The number of rotatable bonds is 4. The maximum Gasteiger partial charge on any atom is 0.146 e. The molecular weight excluding hydrogens is 268 g/mol. The van der Waals surface area contributed by atoms with E-state index in [0.29, 0.717) is 5.02 Å². The van der Waals surface area contributed by atoms with Crippen LogP contribution in [0, 0.1) is 11.6 Å². The van der Waals surface area contributed by atoms with Crippen molar-refractivity contribution in [3.05, 3.63) is 64.7 Å². The van der Waals surface area contributed by atoms with E-state index >= 15 is 0 Å². The van der Waals surface area contributed by atoms with Crippen LogP contribution in [0.2, 0.25) is 5.02 Å². The number of benzene rings is 2. The van der Waals surface area contributed by atoms with Crippen molar-refractivity contribution in [1.29, 1.82) is 0 Å². The molecule has 1 atom stereocenters. The highest BCUT2D eigenvalue weighted by Gasteiger charge is 2.12. The summed E-state index contributed by atoms with van der Waals surface area (Å²) < 4.78 is 26.7. The van der Waals surface area contributed by atoms with Gasteiger partial charge in [0, 0.05) is 5.02 Å². The van der Waals surface area contributed by atoms with Gasteiger partial charge in [0.1, 0.15) is 11.6 Å². The van der Waals surface area contributed by atoms with Crippen molar-refractivity contribution in [3.63, 3.8) is 0 Å². The van der Waals surface area contributed by atoms with Gasteiger partial charge in [-0.25, -0.2) is 8.78 Å². The standard InChI is InChI=1S/C15H14ClF2N/c1-2-14(10-3-5-11(16)6-4-10)19-15-9-12(17)7-8-13(15)18/h3-9,14,19H,2H2,1H3. The molecule has 100 valence electrons. The third-order valence-corrected chi connectivity index (χ3v) is 3.19. The molecule has 1 nitrogen and oxygen atoms in total. The molecule has 2 aromatic carbocycles. The number of nitrogens with one attached hydrogen (secondary N) is 1. The van der Waals surface area contributed by atoms with E-state index in [0.717, 1.165) is 30.2 Å². The Morgan fingerprint density at radius 3 is 2.42 bits per heavy atom. The first-order chi connectivity index (χ1) is 9.10. The third-order valence-electron chi connectivity index (χ3n) is 2.94. The van der Waals surface area contributed by atoms with Crippen LogP contribution in [0.5, 0.6) is 0 Å². The summed E-state index contributed by atoms with van der Waals surface area (Å²) in [6, 6.07) is 10.6. The first-order valence-corrected chi connectivity index (χ1v) is 6.45. The Morgan fingerprint density at radius 2 is 1.79 bits per heavy atom. The van der Waals surface area contributed by atoms with E-state index in [2.05, 4.69) is 5.32 Å². The molecule has 4 heteroatoms. The fraction of sp³-hybridized carbons (Fsp3) is 0.200. The molecule has 1 unspecified atom stereocenters. The number of anilines is 1. The maximum atomic E-state index is 13.6. The summed E-state index contributed by atoms with van der Waals surface area (Å²) in [6.07, 6.45) is 0.748. The number of hydrogen-bond donors (Lipinski definition) is 1. The molecule has 0 radical (unpaired) electrons. The van der Waals surface area contributed by atoms with Gasteiger partial charge in [0.05, 0.1) is 11.7 Å². The van der Waals surface area contributed by atoms with Crippen LogP contribution in [0.4, 0.5) is 14.5 Å². The maximum absolute atomic E-state index is 13.6. The van der Waals surface area contributed by atoms with Crippen LogP contribution in [0.1, 0.15) is 24.9 Å². The van der Waals surface area contributed by atoms with Crippen molar-refractivity contribution in [3.8, 4) is 0 Å². The van der Waals surface area contributed by atoms with Crippen molar-refractivity contribution in [2.24, 2.45) is 0 Å². The van der Waals surface area contributed by atoms with E-state index in [1.165, 1.54) is 0 Å². The molecule has 1 N–H and O–H groups in total. The summed E-state index contributed by atoms with van der Waals surface area (Å²) in [4.78, 5) is 0. The quantitative estimate of drug-likeness (QED) is 0.814. The van der Waals surface area contributed by atoms with Crippen molar-refractivity contribution < 1.29 is 8.78 Å². The first kappa shape index (κ1) is 13.8. The second kappa shape index (κ2) is 6.02. The minimum atomic E-state index is -0.464. The molecule has 0 amide bonds. The Bertz CT molecular complexity index is 555. The molecule has 0 aliphatic rings. The molecule has 0 fully saturated rings. The summed E-state index contributed by atoms with van der Waals surface area (Å²) in [6.45, 7) is 1.98. The van der Waals surface area contributed by atoms with Crippen LogP contribution in [0.25, 0.3) is 0 Å². The Morgan fingerprint density at radius 1 is 1.11 bits per heavy atom. The zero-order valence-electron chi connectivity index (χ0n) is 10.5.